The van der Waals surface area contributed by atoms with Crippen molar-refractivity contribution in [2.24, 2.45) is 5.41 Å². The fourth-order valence-corrected chi connectivity index (χ4v) is 5.13. The number of carbonyl (C=O) groups is 1. The molecule has 4 rings (SSSR count). The maximum Gasteiger partial charge on any atom is 0.340 e. The molecule has 0 amide bonds. The van der Waals surface area contributed by atoms with Gasteiger partial charge in [-0.1, -0.05) is 61.7 Å². The van der Waals surface area contributed by atoms with Crippen molar-refractivity contribution >= 4 is 23.4 Å². The molecule has 32 heavy (non-hydrogen) atoms. The summed E-state index contributed by atoms with van der Waals surface area (Å²) in [5, 5.41) is 0. The van der Waals surface area contributed by atoms with Gasteiger partial charge in [0.1, 0.15) is 6.61 Å². The quantitative estimate of drug-likeness (QED) is 0.241. The first-order valence-electron chi connectivity index (χ1n) is 11.3. The number of anilines is 1. The Labute approximate surface area is 195 Å². The zero-order valence-corrected chi connectivity index (χ0v) is 19.4. The molecule has 1 heterocycles. The van der Waals surface area contributed by atoms with Crippen LogP contribution in [0.4, 0.5) is 5.69 Å². The number of hydrogen-bond acceptors (Lipinski definition) is 4. The lowest BCUT2D eigenvalue weighted by Gasteiger charge is -2.35. The van der Waals surface area contributed by atoms with Gasteiger partial charge in [-0.2, -0.15) is 0 Å². The van der Waals surface area contributed by atoms with E-state index in [0.717, 1.165) is 40.6 Å². The van der Waals surface area contributed by atoms with Crippen molar-refractivity contribution in [3.8, 4) is 0 Å². The minimum absolute atomic E-state index is 0.259. The zero-order valence-electron chi connectivity index (χ0n) is 18.6. The van der Waals surface area contributed by atoms with Gasteiger partial charge in [-0.3, -0.25) is 0 Å². The third-order valence-electron chi connectivity index (χ3n) is 6.52. The highest BCUT2D eigenvalue weighted by atomic mass is 32.2. The molecule has 0 aromatic heterocycles. The Kier molecular flexibility index (Phi) is 7.21. The fraction of sp³-hybridized carbons (Fsp3) is 0.321. The summed E-state index contributed by atoms with van der Waals surface area (Å²) in [6, 6.07) is 15.9. The number of hydrogen-bond donors (Lipinski definition) is 0. The minimum Gasteiger partial charge on any atom is -0.457 e. The first-order valence-corrected chi connectivity index (χ1v) is 12.3. The van der Waals surface area contributed by atoms with Gasteiger partial charge in [0.25, 0.3) is 0 Å². The molecule has 166 valence electrons. The molecule has 2 aliphatic rings. The van der Waals surface area contributed by atoms with Crippen molar-refractivity contribution in [2.45, 2.75) is 37.2 Å². The van der Waals surface area contributed by atoms with Crippen molar-refractivity contribution in [2.75, 3.05) is 23.7 Å². The van der Waals surface area contributed by atoms with E-state index in [2.05, 4.69) is 24.1 Å². The molecule has 1 aliphatic heterocycles. The SMILES string of the molecule is C=C/C=C(\C=C)CSc1ccc(C(=O)OCc2ccccc2)c(N2CCC3(CC2)CC3)c1. The van der Waals surface area contributed by atoms with Gasteiger partial charge < -0.3 is 9.64 Å². The molecule has 1 saturated carbocycles. The predicted octanol–water partition coefficient (Wildman–Crippen LogP) is 6.81. The molecule has 0 N–H and O–H groups in total. The van der Waals surface area contributed by atoms with E-state index in [9.17, 15) is 4.79 Å². The minimum atomic E-state index is -0.259. The summed E-state index contributed by atoms with van der Waals surface area (Å²) in [4.78, 5) is 16.6. The summed E-state index contributed by atoms with van der Waals surface area (Å²) >= 11 is 1.75. The van der Waals surface area contributed by atoms with Gasteiger partial charge in [0, 0.05) is 23.7 Å². The summed E-state index contributed by atoms with van der Waals surface area (Å²) in [6.45, 7) is 9.95. The molecular weight excluding hydrogens is 414 g/mol. The molecule has 4 heteroatoms. The van der Waals surface area contributed by atoms with Crippen LogP contribution in [0.3, 0.4) is 0 Å². The lowest BCUT2D eigenvalue weighted by Crippen LogP contribution is -2.35. The highest BCUT2D eigenvalue weighted by molar-refractivity contribution is 7.99. The number of nitrogens with zero attached hydrogens (tertiary/aromatic N) is 1. The van der Waals surface area contributed by atoms with Gasteiger partial charge >= 0.3 is 5.97 Å². The largest absolute Gasteiger partial charge is 0.457 e. The summed E-state index contributed by atoms with van der Waals surface area (Å²) in [5.41, 5.74) is 4.37. The molecule has 2 aromatic rings. The van der Waals surface area contributed by atoms with Gasteiger partial charge in [0.05, 0.1) is 11.3 Å². The average molecular weight is 446 g/mol. The summed E-state index contributed by atoms with van der Waals surface area (Å²) in [7, 11) is 0. The molecule has 2 fully saturated rings. The molecule has 0 unspecified atom stereocenters. The third-order valence-corrected chi connectivity index (χ3v) is 7.59. The number of benzene rings is 2. The number of thioether (sulfide) groups is 1. The topological polar surface area (TPSA) is 29.5 Å². The van der Waals surface area contributed by atoms with Gasteiger partial charge in [-0.05, 0) is 60.4 Å². The van der Waals surface area contributed by atoms with Gasteiger partial charge in [-0.25, -0.2) is 4.79 Å². The van der Waals surface area contributed by atoms with Crippen molar-refractivity contribution in [1.82, 2.24) is 0 Å². The molecule has 2 aromatic carbocycles. The standard InChI is InChI=1S/C28H31NO2S/c1-3-8-22(4-2)21-32-24-11-12-25(27(30)31-20-23-9-6-5-7-10-23)26(19-24)29-17-15-28(13-14-28)16-18-29/h3-12,19H,1-2,13-18,20-21H2/b22-8+. The Balaban J connectivity index is 1.52. The van der Waals surface area contributed by atoms with Crippen molar-refractivity contribution in [3.63, 3.8) is 0 Å². The van der Waals surface area contributed by atoms with Crippen LogP contribution >= 0.6 is 11.8 Å². The normalized spacial score (nSPS) is 17.1. The molecular formula is C28H31NO2S. The summed E-state index contributed by atoms with van der Waals surface area (Å²) < 4.78 is 5.68. The van der Waals surface area contributed by atoms with Crippen LogP contribution in [0.15, 0.2) is 90.4 Å². The Morgan fingerprint density at radius 3 is 2.47 bits per heavy atom. The van der Waals surface area contributed by atoms with Crippen molar-refractivity contribution < 1.29 is 9.53 Å². The van der Waals surface area contributed by atoms with Crippen LogP contribution in [0, 0.1) is 5.41 Å². The van der Waals surface area contributed by atoms with Crippen LogP contribution in [0.2, 0.25) is 0 Å². The van der Waals surface area contributed by atoms with Crippen LogP contribution in [0.1, 0.15) is 41.6 Å². The Hall–Kier alpha value is -2.72. The Morgan fingerprint density at radius 1 is 1.06 bits per heavy atom. The van der Waals surface area contributed by atoms with Crippen LogP contribution in [-0.4, -0.2) is 24.8 Å². The van der Waals surface area contributed by atoms with Crippen molar-refractivity contribution in [1.29, 1.82) is 0 Å². The number of esters is 1. The molecule has 0 atom stereocenters. The molecule has 0 bridgehead atoms. The predicted molar refractivity (Wildman–Crippen MR) is 134 cm³/mol. The second-order valence-electron chi connectivity index (χ2n) is 8.70. The van der Waals surface area contributed by atoms with Gasteiger partial charge in [-0.15, -0.1) is 11.8 Å². The molecule has 1 aliphatic carbocycles. The van der Waals surface area contributed by atoms with Crippen molar-refractivity contribution in [3.05, 3.63) is 96.6 Å². The first kappa shape index (κ1) is 22.5. The monoisotopic (exact) mass is 445 g/mol. The highest BCUT2D eigenvalue weighted by Crippen LogP contribution is 2.54. The lowest BCUT2D eigenvalue weighted by molar-refractivity contribution is 0.0473. The number of ether oxygens (including phenoxy) is 1. The summed E-state index contributed by atoms with van der Waals surface area (Å²) in [5.74, 6) is 0.557. The summed E-state index contributed by atoms with van der Waals surface area (Å²) in [6.07, 6.45) is 10.8. The number of allylic oxidation sites excluding steroid dienone is 3. The van der Waals surface area contributed by atoms with E-state index in [1.807, 2.05) is 54.6 Å². The second-order valence-corrected chi connectivity index (χ2v) is 9.75. The second kappa shape index (κ2) is 10.3. The van der Waals surface area contributed by atoms with Crippen LogP contribution in [0.25, 0.3) is 0 Å². The molecule has 1 saturated heterocycles. The number of carbonyl (C=O) groups excluding carboxylic acids is 1. The van der Waals surface area contributed by atoms with E-state index in [1.54, 1.807) is 17.8 Å². The number of piperidine rings is 1. The smallest absolute Gasteiger partial charge is 0.340 e. The van der Waals surface area contributed by atoms with Crippen LogP contribution in [-0.2, 0) is 11.3 Å². The van der Waals surface area contributed by atoms with Gasteiger partial charge in [0.15, 0.2) is 0 Å². The van der Waals surface area contributed by atoms with E-state index in [-0.39, 0.29) is 12.6 Å². The molecule has 3 nitrogen and oxygen atoms in total. The average Bonchev–Trinajstić information content (AvgIpc) is 3.60. The van der Waals surface area contributed by atoms with E-state index in [1.165, 1.54) is 25.7 Å². The van der Waals surface area contributed by atoms with Gasteiger partial charge in [0.2, 0.25) is 0 Å². The molecule has 0 radical (unpaired) electrons. The lowest BCUT2D eigenvalue weighted by atomic mass is 9.93. The van der Waals surface area contributed by atoms with E-state index in [4.69, 9.17) is 4.74 Å². The number of rotatable bonds is 9. The third kappa shape index (κ3) is 5.55. The van der Waals surface area contributed by atoms with E-state index >= 15 is 0 Å². The van der Waals surface area contributed by atoms with E-state index in [0.29, 0.717) is 11.0 Å². The maximum atomic E-state index is 13.0. The fourth-order valence-electron chi connectivity index (χ4n) is 4.23. The van der Waals surface area contributed by atoms with E-state index < -0.39 is 0 Å². The molecule has 1 spiro atoms. The zero-order chi connectivity index (χ0) is 22.4. The van der Waals surface area contributed by atoms with Crippen LogP contribution in [0.5, 0.6) is 0 Å². The Morgan fingerprint density at radius 2 is 1.81 bits per heavy atom. The highest BCUT2D eigenvalue weighted by Gasteiger charge is 2.44. The Bertz CT molecular complexity index is 997. The van der Waals surface area contributed by atoms with Crippen LogP contribution < -0.4 is 4.90 Å². The maximum absolute atomic E-state index is 13.0. The first-order chi connectivity index (χ1) is 15.6.